The molecule has 1 amide bonds. The van der Waals surface area contributed by atoms with Gasteiger partial charge in [0.15, 0.2) is 5.78 Å². The fourth-order valence-corrected chi connectivity index (χ4v) is 2.49. The Morgan fingerprint density at radius 2 is 1.84 bits per heavy atom. The maximum Gasteiger partial charge on any atom is 0.256 e. The van der Waals surface area contributed by atoms with Crippen molar-refractivity contribution >= 4 is 28.7 Å². The number of ketones is 1. The van der Waals surface area contributed by atoms with Crippen molar-refractivity contribution in [2.45, 2.75) is 20.3 Å². The summed E-state index contributed by atoms with van der Waals surface area (Å²) in [6, 6.07) is 8.81. The molecule has 98 valence electrons. The first-order valence-electron chi connectivity index (χ1n) is 6.10. The third-order valence-electron chi connectivity index (χ3n) is 2.81. The van der Waals surface area contributed by atoms with Crippen molar-refractivity contribution in [1.29, 1.82) is 0 Å². The van der Waals surface area contributed by atoms with E-state index in [1.54, 1.807) is 35.6 Å². The number of carbonyl (C=O) groups is 2. The second kappa shape index (κ2) is 5.80. The Kier molecular flexibility index (Phi) is 4.12. The van der Waals surface area contributed by atoms with Crippen LogP contribution in [-0.4, -0.2) is 11.7 Å². The third-order valence-corrected chi connectivity index (χ3v) is 3.89. The topological polar surface area (TPSA) is 46.2 Å². The van der Waals surface area contributed by atoms with E-state index in [9.17, 15) is 9.59 Å². The Balaban J connectivity index is 2.08. The SMILES string of the molecule is CCc1cc(C(=O)Nc2ccc(C(C)=O)cc2)cs1. The Morgan fingerprint density at radius 3 is 2.37 bits per heavy atom. The molecule has 1 aromatic heterocycles. The van der Waals surface area contributed by atoms with E-state index in [4.69, 9.17) is 0 Å². The molecule has 0 aliphatic heterocycles. The lowest BCUT2D eigenvalue weighted by atomic mass is 10.1. The fourth-order valence-electron chi connectivity index (χ4n) is 1.68. The number of hydrogen-bond acceptors (Lipinski definition) is 3. The smallest absolute Gasteiger partial charge is 0.256 e. The van der Waals surface area contributed by atoms with E-state index in [2.05, 4.69) is 12.2 Å². The number of hydrogen-bond donors (Lipinski definition) is 1. The van der Waals surface area contributed by atoms with E-state index in [0.29, 0.717) is 16.8 Å². The summed E-state index contributed by atoms with van der Waals surface area (Å²) in [5.74, 6) is -0.102. The number of carbonyl (C=O) groups excluding carboxylic acids is 2. The van der Waals surface area contributed by atoms with Crippen molar-refractivity contribution in [2.75, 3.05) is 5.32 Å². The molecule has 0 bridgehead atoms. The van der Waals surface area contributed by atoms with Crippen LogP contribution in [-0.2, 0) is 6.42 Å². The Hall–Kier alpha value is -1.94. The summed E-state index contributed by atoms with van der Waals surface area (Å²) >= 11 is 1.59. The molecule has 0 spiro atoms. The number of aryl methyl sites for hydroxylation is 1. The highest BCUT2D eigenvalue weighted by Gasteiger charge is 2.08. The molecule has 4 heteroatoms. The van der Waals surface area contributed by atoms with E-state index >= 15 is 0 Å². The number of rotatable bonds is 4. The number of Topliss-reactive ketones (excluding diaryl/α,β-unsaturated/α-hetero) is 1. The van der Waals surface area contributed by atoms with Gasteiger partial charge in [-0.05, 0) is 43.7 Å². The van der Waals surface area contributed by atoms with Gasteiger partial charge in [0.2, 0.25) is 0 Å². The van der Waals surface area contributed by atoms with Gasteiger partial charge in [-0.25, -0.2) is 0 Å². The molecule has 0 fully saturated rings. The molecule has 0 radical (unpaired) electrons. The maximum absolute atomic E-state index is 12.0. The zero-order valence-corrected chi connectivity index (χ0v) is 11.7. The number of thiophene rings is 1. The summed E-state index contributed by atoms with van der Waals surface area (Å²) in [4.78, 5) is 24.3. The van der Waals surface area contributed by atoms with Gasteiger partial charge in [0.05, 0.1) is 5.56 Å². The summed E-state index contributed by atoms with van der Waals surface area (Å²) in [5.41, 5.74) is 2.01. The summed E-state index contributed by atoms with van der Waals surface area (Å²) in [7, 11) is 0. The van der Waals surface area contributed by atoms with Gasteiger partial charge in [-0.15, -0.1) is 11.3 Å². The molecule has 0 saturated heterocycles. The zero-order chi connectivity index (χ0) is 13.8. The number of amides is 1. The first-order chi connectivity index (χ1) is 9.10. The lowest BCUT2D eigenvalue weighted by molar-refractivity contribution is 0.101. The molecular weight excluding hydrogens is 258 g/mol. The van der Waals surface area contributed by atoms with Crippen LogP contribution >= 0.6 is 11.3 Å². The van der Waals surface area contributed by atoms with Crippen molar-refractivity contribution in [3.8, 4) is 0 Å². The minimum absolute atomic E-state index is 0.0169. The molecule has 0 atom stereocenters. The summed E-state index contributed by atoms with van der Waals surface area (Å²) in [5, 5.41) is 4.68. The minimum atomic E-state index is -0.119. The van der Waals surface area contributed by atoms with Crippen LogP contribution in [0.4, 0.5) is 5.69 Å². The Bertz CT molecular complexity index is 599. The molecule has 0 saturated carbocycles. The third kappa shape index (κ3) is 3.29. The molecule has 1 N–H and O–H groups in total. The van der Waals surface area contributed by atoms with Gasteiger partial charge in [-0.2, -0.15) is 0 Å². The van der Waals surface area contributed by atoms with Gasteiger partial charge in [0, 0.05) is 21.5 Å². The van der Waals surface area contributed by atoms with E-state index in [0.717, 1.165) is 6.42 Å². The molecule has 2 rings (SSSR count). The van der Waals surface area contributed by atoms with Crippen molar-refractivity contribution < 1.29 is 9.59 Å². The van der Waals surface area contributed by atoms with Gasteiger partial charge in [-0.3, -0.25) is 9.59 Å². The second-order valence-corrected chi connectivity index (χ2v) is 5.24. The molecule has 2 aromatic rings. The van der Waals surface area contributed by atoms with Gasteiger partial charge in [-0.1, -0.05) is 6.92 Å². The first-order valence-corrected chi connectivity index (χ1v) is 6.98. The standard InChI is InChI=1S/C15H15NO2S/c1-3-14-8-12(9-19-14)15(18)16-13-6-4-11(5-7-13)10(2)17/h4-9H,3H2,1-2H3,(H,16,18). The van der Waals surface area contributed by atoms with E-state index in [1.165, 1.54) is 11.8 Å². The van der Waals surface area contributed by atoms with Crippen molar-refractivity contribution in [3.05, 3.63) is 51.7 Å². The highest BCUT2D eigenvalue weighted by Crippen LogP contribution is 2.17. The number of anilines is 1. The van der Waals surface area contributed by atoms with Crippen LogP contribution in [0.3, 0.4) is 0 Å². The van der Waals surface area contributed by atoms with Crippen molar-refractivity contribution in [2.24, 2.45) is 0 Å². The highest BCUT2D eigenvalue weighted by molar-refractivity contribution is 7.10. The zero-order valence-electron chi connectivity index (χ0n) is 10.9. The van der Waals surface area contributed by atoms with Crippen LogP contribution in [0, 0.1) is 0 Å². The van der Waals surface area contributed by atoms with Crippen LogP contribution in [0.15, 0.2) is 35.7 Å². The number of nitrogens with one attached hydrogen (secondary N) is 1. The summed E-state index contributed by atoms with van der Waals surface area (Å²) < 4.78 is 0. The van der Waals surface area contributed by atoms with Crippen LogP contribution in [0.1, 0.15) is 39.4 Å². The molecule has 3 nitrogen and oxygen atoms in total. The van der Waals surface area contributed by atoms with Crippen LogP contribution in [0.2, 0.25) is 0 Å². The average Bonchev–Trinajstić information content (AvgIpc) is 2.88. The van der Waals surface area contributed by atoms with E-state index < -0.39 is 0 Å². The molecule has 19 heavy (non-hydrogen) atoms. The normalized spacial score (nSPS) is 10.2. The lowest BCUT2D eigenvalue weighted by Gasteiger charge is -2.04. The monoisotopic (exact) mass is 273 g/mol. The Morgan fingerprint density at radius 1 is 1.16 bits per heavy atom. The quantitative estimate of drug-likeness (QED) is 0.862. The molecule has 1 heterocycles. The Labute approximate surface area is 116 Å². The van der Waals surface area contributed by atoms with Gasteiger partial charge in [0.1, 0.15) is 0 Å². The molecule has 0 unspecified atom stereocenters. The van der Waals surface area contributed by atoms with E-state index in [-0.39, 0.29) is 11.7 Å². The predicted octanol–water partition coefficient (Wildman–Crippen LogP) is 3.77. The van der Waals surface area contributed by atoms with Crippen molar-refractivity contribution in [3.63, 3.8) is 0 Å². The molecule has 1 aromatic carbocycles. The minimum Gasteiger partial charge on any atom is -0.322 e. The molecular formula is C15H15NO2S. The van der Waals surface area contributed by atoms with Gasteiger partial charge >= 0.3 is 0 Å². The highest BCUT2D eigenvalue weighted by atomic mass is 32.1. The van der Waals surface area contributed by atoms with Crippen molar-refractivity contribution in [1.82, 2.24) is 0 Å². The second-order valence-electron chi connectivity index (χ2n) is 4.24. The maximum atomic E-state index is 12.0. The first kappa shape index (κ1) is 13.5. The van der Waals surface area contributed by atoms with E-state index in [1.807, 2.05) is 11.4 Å². The summed E-state index contributed by atoms with van der Waals surface area (Å²) in [6.07, 6.45) is 0.936. The predicted molar refractivity (Wildman–Crippen MR) is 78.1 cm³/mol. The molecule has 0 aliphatic carbocycles. The van der Waals surface area contributed by atoms with Crippen LogP contribution in [0.5, 0.6) is 0 Å². The van der Waals surface area contributed by atoms with Gasteiger partial charge < -0.3 is 5.32 Å². The number of benzene rings is 1. The van der Waals surface area contributed by atoms with Crippen LogP contribution < -0.4 is 5.32 Å². The largest absolute Gasteiger partial charge is 0.322 e. The van der Waals surface area contributed by atoms with Crippen LogP contribution in [0.25, 0.3) is 0 Å². The lowest BCUT2D eigenvalue weighted by Crippen LogP contribution is -2.10. The average molecular weight is 273 g/mol. The fraction of sp³-hybridized carbons (Fsp3) is 0.200. The molecule has 0 aliphatic rings. The van der Waals surface area contributed by atoms with Gasteiger partial charge in [0.25, 0.3) is 5.91 Å². The summed E-state index contributed by atoms with van der Waals surface area (Å²) in [6.45, 7) is 3.58.